The van der Waals surface area contributed by atoms with E-state index < -0.39 is 0 Å². The van der Waals surface area contributed by atoms with E-state index in [4.69, 9.17) is 0 Å². The smallest absolute Gasteiger partial charge is 0.0294 e. The van der Waals surface area contributed by atoms with Crippen molar-refractivity contribution in [3.8, 4) is 0 Å². The molecule has 1 aliphatic carbocycles. The van der Waals surface area contributed by atoms with Crippen LogP contribution in [0.2, 0.25) is 0 Å². The molecule has 0 bridgehead atoms. The maximum Gasteiger partial charge on any atom is -0.0294 e. The van der Waals surface area contributed by atoms with Gasteiger partial charge in [-0.25, -0.2) is 0 Å². The molecular formula is C9H16. The van der Waals surface area contributed by atoms with Gasteiger partial charge in [0.25, 0.3) is 0 Å². The highest BCUT2D eigenvalue weighted by Crippen LogP contribution is 2.24. The van der Waals surface area contributed by atoms with Gasteiger partial charge in [-0.2, -0.15) is 0 Å². The Morgan fingerprint density at radius 2 is 2.44 bits per heavy atom. The van der Waals surface area contributed by atoms with E-state index in [1.165, 1.54) is 25.7 Å². The molecule has 0 aromatic carbocycles. The fourth-order valence-electron chi connectivity index (χ4n) is 1.49. The zero-order chi connectivity index (χ0) is 6.69. The van der Waals surface area contributed by atoms with Crippen molar-refractivity contribution in [3.63, 3.8) is 0 Å². The van der Waals surface area contributed by atoms with Crippen LogP contribution in [0.1, 0.15) is 39.5 Å². The first-order valence-electron chi connectivity index (χ1n) is 4.00. The third kappa shape index (κ3) is 1.85. The Morgan fingerprint density at radius 1 is 1.67 bits per heavy atom. The van der Waals surface area contributed by atoms with Crippen molar-refractivity contribution in [2.75, 3.05) is 0 Å². The highest BCUT2D eigenvalue weighted by molar-refractivity contribution is 5.05. The lowest BCUT2D eigenvalue weighted by Crippen LogP contribution is -2.01. The highest BCUT2D eigenvalue weighted by Gasteiger charge is 2.08. The first kappa shape index (κ1) is 6.85. The molecule has 0 heteroatoms. The van der Waals surface area contributed by atoms with Crippen molar-refractivity contribution >= 4 is 0 Å². The molecule has 0 nitrogen and oxygen atoms in total. The third-order valence-corrected chi connectivity index (χ3v) is 2.16. The predicted molar refractivity (Wildman–Crippen MR) is 41.4 cm³/mol. The van der Waals surface area contributed by atoms with Crippen LogP contribution in [0.5, 0.6) is 0 Å². The molecule has 0 radical (unpaired) electrons. The molecule has 0 heterocycles. The van der Waals surface area contributed by atoms with Crippen LogP contribution in [0, 0.1) is 5.92 Å². The zero-order valence-electron chi connectivity index (χ0n) is 6.48. The average molecular weight is 124 g/mol. The summed E-state index contributed by atoms with van der Waals surface area (Å²) in [6, 6.07) is 0. The van der Waals surface area contributed by atoms with Gasteiger partial charge < -0.3 is 0 Å². The SMILES string of the molecule is CCC1=CCC[C@@H](C)C1. The van der Waals surface area contributed by atoms with Crippen LogP contribution in [0.4, 0.5) is 0 Å². The zero-order valence-corrected chi connectivity index (χ0v) is 6.48. The van der Waals surface area contributed by atoms with Crippen molar-refractivity contribution < 1.29 is 0 Å². The van der Waals surface area contributed by atoms with E-state index in [1.54, 1.807) is 5.57 Å². The lowest BCUT2D eigenvalue weighted by Gasteiger charge is -2.17. The van der Waals surface area contributed by atoms with Crippen molar-refractivity contribution in [2.45, 2.75) is 39.5 Å². The van der Waals surface area contributed by atoms with Crippen LogP contribution in [0.3, 0.4) is 0 Å². The number of allylic oxidation sites excluding steroid dienone is 2. The molecule has 0 fully saturated rings. The fourth-order valence-corrected chi connectivity index (χ4v) is 1.49. The van der Waals surface area contributed by atoms with Gasteiger partial charge in [0.15, 0.2) is 0 Å². The molecule has 0 saturated heterocycles. The molecule has 0 aromatic heterocycles. The van der Waals surface area contributed by atoms with Gasteiger partial charge in [0.05, 0.1) is 0 Å². The van der Waals surface area contributed by atoms with E-state index in [1.807, 2.05) is 0 Å². The summed E-state index contributed by atoms with van der Waals surface area (Å²) >= 11 is 0. The summed E-state index contributed by atoms with van der Waals surface area (Å²) in [5, 5.41) is 0. The van der Waals surface area contributed by atoms with E-state index in [0.29, 0.717) is 0 Å². The lowest BCUT2D eigenvalue weighted by atomic mass is 9.89. The van der Waals surface area contributed by atoms with Crippen molar-refractivity contribution in [2.24, 2.45) is 5.92 Å². The van der Waals surface area contributed by atoms with E-state index in [2.05, 4.69) is 19.9 Å². The summed E-state index contributed by atoms with van der Waals surface area (Å²) in [6.45, 7) is 4.60. The van der Waals surface area contributed by atoms with Crippen LogP contribution >= 0.6 is 0 Å². The predicted octanol–water partition coefficient (Wildman–Crippen LogP) is 3.14. The van der Waals surface area contributed by atoms with Gasteiger partial charge in [-0.05, 0) is 31.6 Å². The summed E-state index contributed by atoms with van der Waals surface area (Å²) in [4.78, 5) is 0. The van der Waals surface area contributed by atoms with Crippen LogP contribution < -0.4 is 0 Å². The largest absolute Gasteiger partial charge is 0.0853 e. The molecule has 0 unspecified atom stereocenters. The Morgan fingerprint density at radius 3 is 2.89 bits per heavy atom. The molecule has 0 N–H and O–H groups in total. The molecule has 0 saturated carbocycles. The molecular weight excluding hydrogens is 108 g/mol. The van der Waals surface area contributed by atoms with Gasteiger partial charge in [0.1, 0.15) is 0 Å². The molecule has 0 aliphatic heterocycles. The monoisotopic (exact) mass is 124 g/mol. The van der Waals surface area contributed by atoms with Crippen LogP contribution in [-0.4, -0.2) is 0 Å². The standard InChI is InChI=1S/C9H16/c1-3-9-6-4-5-8(2)7-9/h6,8H,3-5,7H2,1-2H3/t8-/m1/s1. The summed E-state index contributed by atoms with van der Waals surface area (Å²) in [7, 11) is 0. The molecule has 1 aliphatic rings. The Bertz CT molecular complexity index is 111. The van der Waals surface area contributed by atoms with E-state index >= 15 is 0 Å². The van der Waals surface area contributed by atoms with Gasteiger partial charge in [-0.1, -0.05) is 25.5 Å². The van der Waals surface area contributed by atoms with E-state index in [0.717, 1.165) is 5.92 Å². The molecule has 9 heavy (non-hydrogen) atoms. The van der Waals surface area contributed by atoms with Crippen molar-refractivity contribution in [1.82, 2.24) is 0 Å². The number of hydrogen-bond acceptors (Lipinski definition) is 0. The van der Waals surface area contributed by atoms with Gasteiger partial charge >= 0.3 is 0 Å². The second-order valence-corrected chi connectivity index (χ2v) is 3.10. The number of hydrogen-bond donors (Lipinski definition) is 0. The average Bonchev–Trinajstić information content (AvgIpc) is 1.88. The van der Waals surface area contributed by atoms with Crippen molar-refractivity contribution in [3.05, 3.63) is 11.6 Å². The molecule has 1 atom stereocenters. The summed E-state index contributed by atoms with van der Waals surface area (Å²) in [6.07, 6.45) is 7.77. The minimum absolute atomic E-state index is 0.949. The minimum Gasteiger partial charge on any atom is -0.0853 e. The summed E-state index contributed by atoms with van der Waals surface area (Å²) < 4.78 is 0. The van der Waals surface area contributed by atoms with Gasteiger partial charge in [0, 0.05) is 0 Å². The van der Waals surface area contributed by atoms with Crippen LogP contribution in [0.15, 0.2) is 11.6 Å². The Labute approximate surface area is 58.0 Å². The Kier molecular flexibility index (Phi) is 2.32. The first-order chi connectivity index (χ1) is 4.33. The Hall–Kier alpha value is -0.260. The highest BCUT2D eigenvalue weighted by atomic mass is 14.1. The van der Waals surface area contributed by atoms with E-state index in [-0.39, 0.29) is 0 Å². The van der Waals surface area contributed by atoms with E-state index in [9.17, 15) is 0 Å². The normalized spacial score (nSPS) is 27.8. The van der Waals surface area contributed by atoms with Crippen molar-refractivity contribution in [1.29, 1.82) is 0 Å². The minimum atomic E-state index is 0.949. The molecule has 0 spiro atoms. The summed E-state index contributed by atoms with van der Waals surface area (Å²) in [5.41, 5.74) is 1.67. The summed E-state index contributed by atoms with van der Waals surface area (Å²) in [5.74, 6) is 0.949. The number of rotatable bonds is 1. The van der Waals surface area contributed by atoms with Gasteiger partial charge in [-0.3, -0.25) is 0 Å². The van der Waals surface area contributed by atoms with Crippen LogP contribution in [0.25, 0.3) is 0 Å². The maximum atomic E-state index is 2.42. The van der Waals surface area contributed by atoms with Gasteiger partial charge in [-0.15, -0.1) is 0 Å². The fraction of sp³-hybridized carbons (Fsp3) is 0.778. The second kappa shape index (κ2) is 3.05. The molecule has 1 rings (SSSR count). The maximum absolute atomic E-state index is 2.42. The lowest BCUT2D eigenvalue weighted by molar-refractivity contribution is 0.502. The Balaban J connectivity index is 2.43. The molecule has 52 valence electrons. The quantitative estimate of drug-likeness (QED) is 0.471. The topological polar surface area (TPSA) is 0 Å². The molecule has 0 amide bonds. The van der Waals surface area contributed by atoms with Gasteiger partial charge in [0.2, 0.25) is 0 Å². The third-order valence-electron chi connectivity index (χ3n) is 2.16. The van der Waals surface area contributed by atoms with Crippen LogP contribution in [-0.2, 0) is 0 Å². The first-order valence-corrected chi connectivity index (χ1v) is 4.00. The second-order valence-electron chi connectivity index (χ2n) is 3.10. The molecule has 0 aromatic rings.